The number of rotatable bonds is 6. The number of carbonyl (C=O) groups excluding carboxylic acids is 3. The van der Waals surface area contributed by atoms with Gasteiger partial charge in [-0.25, -0.2) is 4.79 Å². The van der Waals surface area contributed by atoms with E-state index in [4.69, 9.17) is 4.74 Å². The van der Waals surface area contributed by atoms with E-state index >= 15 is 0 Å². The number of hydrogen-bond acceptors (Lipinski definition) is 5. The molecule has 0 aliphatic carbocycles. The molecule has 0 saturated carbocycles. The predicted octanol–water partition coefficient (Wildman–Crippen LogP) is 5.56. The van der Waals surface area contributed by atoms with Crippen molar-refractivity contribution >= 4 is 39.3 Å². The molecule has 0 radical (unpaired) electrons. The van der Waals surface area contributed by atoms with E-state index in [1.807, 2.05) is 31.2 Å². The van der Waals surface area contributed by atoms with E-state index in [9.17, 15) is 19.5 Å². The summed E-state index contributed by atoms with van der Waals surface area (Å²) in [5.41, 5.74) is 3.33. The smallest absolute Gasteiger partial charge is 0.338 e. The number of benzene rings is 3. The molecular formula is C28H24BrNO5. The zero-order valence-electron chi connectivity index (χ0n) is 19.3. The number of ketones is 1. The van der Waals surface area contributed by atoms with Gasteiger partial charge in [0.1, 0.15) is 5.76 Å². The average molecular weight is 534 g/mol. The van der Waals surface area contributed by atoms with Gasteiger partial charge in [0.2, 0.25) is 0 Å². The topological polar surface area (TPSA) is 83.9 Å². The standard InChI is InChI=1S/C28H24BrNO5/c1-3-35-28(34)20-9-7-18(8-10-20)16-30-24(21-6-4-5-17(2)15-21)23(26(32)27(30)33)25(31)19-11-13-22(29)14-12-19/h4-15,24,31H,3,16H2,1-2H3/b25-23+. The number of esters is 1. The Labute approximate surface area is 212 Å². The van der Waals surface area contributed by atoms with Gasteiger partial charge in [0.05, 0.1) is 23.8 Å². The van der Waals surface area contributed by atoms with Crippen LogP contribution in [0.15, 0.2) is 82.8 Å². The number of nitrogens with zero attached hydrogens (tertiary/aromatic N) is 1. The highest BCUT2D eigenvalue weighted by Crippen LogP contribution is 2.40. The fourth-order valence-electron chi connectivity index (χ4n) is 4.15. The number of aliphatic hydroxyl groups excluding tert-OH is 1. The Hall–Kier alpha value is -3.71. The predicted molar refractivity (Wildman–Crippen MR) is 136 cm³/mol. The van der Waals surface area contributed by atoms with E-state index in [0.717, 1.165) is 21.2 Å². The minimum absolute atomic E-state index is 0.0473. The molecule has 1 fully saturated rings. The quantitative estimate of drug-likeness (QED) is 0.194. The van der Waals surface area contributed by atoms with Crippen molar-refractivity contribution in [3.8, 4) is 0 Å². The van der Waals surface area contributed by atoms with E-state index in [1.54, 1.807) is 55.5 Å². The number of hydrogen-bond donors (Lipinski definition) is 1. The third kappa shape index (κ3) is 5.05. The molecule has 1 N–H and O–H groups in total. The van der Waals surface area contributed by atoms with E-state index in [1.165, 1.54) is 4.90 Å². The van der Waals surface area contributed by atoms with Crippen LogP contribution >= 0.6 is 15.9 Å². The zero-order valence-corrected chi connectivity index (χ0v) is 20.9. The SMILES string of the molecule is CCOC(=O)c1ccc(CN2C(=O)C(=O)/C(=C(/O)c3ccc(Br)cc3)C2c2cccc(C)c2)cc1. The second-order valence-corrected chi connectivity index (χ2v) is 9.18. The van der Waals surface area contributed by atoms with E-state index in [2.05, 4.69) is 15.9 Å². The molecule has 35 heavy (non-hydrogen) atoms. The summed E-state index contributed by atoms with van der Waals surface area (Å²) >= 11 is 3.37. The number of likely N-dealkylation sites (tertiary alicyclic amines) is 1. The van der Waals surface area contributed by atoms with Gasteiger partial charge in [0, 0.05) is 16.6 Å². The van der Waals surface area contributed by atoms with Gasteiger partial charge in [0.25, 0.3) is 11.7 Å². The molecule has 0 aromatic heterocycles. The largest absolute Gasteiger partial charge is 0.507 e. The molecule has 1 saturated heterocycles. The van der Waals surface area contributed by atoms with Crippen LogP contribution in [0.1, 0.15) is 45.6 Å². The van der Waals surface area contributed by atoms with Crippen LogP contribution in [-0.4, -0.2) is 34.3 Å². The molecule has 4 rings (SSSR count). The molecule has 7 heteroatoms. The molecule has 1 unspecified atom stereocenters. The van der Waals surface area contributed by atoms with Gasteiger partial charge in [-0.15, -0.1) is 0 Å². The summed E-state index contributed by atoms with van der Waals surface area (Å²) in [5, 5.41) is 11.1. The van der Waals surface area contributed by atoms with Crippen molar-refractivity contribution in [1.82, 2.24) is 4.90 Å². The van der Waals surface area contributed by atoms with Crippen molar-refractivity contribution in [2.45, 2.75) is 26.4 Å². The minimum atomic E-state index is -0.761. The third-order valence-corrected chi connectivity index (χ3v) is 6.36. The zero-order chi connectivity index (χ0) is 25.1. The molecule has 3 aromatic rings. The molecule has 1 heterocycles. The maximum absolute atomic E-state index is 13.2. The highest BCUT2D eigenvalue weighted by molar-refractivity contribution is 9.10. The monoisotopic (exact) mass is 533 g/mol. The van der Waals surface area contributed by atoms with E-state index in [-0.39, 0.29) is 24.5 Å². The van der Waals surface area contributed by atoms with Crippen LogP contribution in [-0.2, 0) is 20.9 Å². The maximum atomic E-state index is 13.2. The highest BCUT2D eigenvalue weighted by atomic mass is 79.9. The van der Waals surface area contributed by atoms with Gasteiger partial charge >= 0.3 is 5.97 Å². The van der Waals surface area contributed by atoms with Gasteiger partial charge < -0.3 is 14.7 Å². The molecular weight excluding hydrogens is 510 g/mol. The Kier molecular flexibility index (Phi) is 7.17. The first-order valence-corrected chi connectivity index (χ1v) is 12.0. The van der Waals surface area contributed by atoms with Crippen molar-refractivity contribution in [1.29, 1.82) is 0 Å². The van der Waals surface area contributed by atoms with Crippen molar-refractivity contribution in [3.63, 3.8) is 0 Å². The van der Waals surface area contributed by atoms with Gasteiger partial charge in [-0.1, -0.05) is 70.0 Å². The van der Waals surface area contributed by atoms with Crippen LogP contribution in [0, 0.1) is 6.92 Å². The molecule has 1 atom stereocenters. The Morgan fingerprint density at radius 1 is 1.00 bits per heavy atom. The third-order valence-electron chi connectivity index (χ3n) is 5.83. The number of carbonyl (C=O) groups is 3. The molecule has 3 aromatic carbocycles. The van der Waals surface area contributed by atoms with Crippen molar-refractivity contribution in [2.24, 2.45) is 0 Å². The van der Waals surface area contributed by atoms with Crippen LogP contribution in [0.2, 0.25) is 0 Å². The van der Waals surface area contributed by atoms with Crippen molar-refractivity contribution in [2.75, 3.05) is 6.61 Å². The second-order valence-electron chi connectivity index (χ2n) is 8.27. The Morgan fingerprint density at radius 2 is 1.66 bits per heavy atom. The summed E-state index contributed by atoms with van der Waals surface area (Å²) in [6, 6.07) is 20.4. The highest BCUT2D eigenvalue weighted by Gasteiger charge is 2.46. The molecule has 1 aliphatic rings. The van der Waals surface area contributed by atoms with Crippen LogP contribution < -0.4 is 0 Å². The van der Waals surface area contributed by atoms with Crippen LogP contribution in [0.25, 0.3) is 5.76 Å². The Balaban J connectivity index is 1.76. The summed E-state index contributed by atoms with van der Waals surface area (Å²) in [7, 11) is 0. The fourth-order valence-corrected chi connectivity index (χ4v) is 4.41. The molecule has 178 valence electrons. The lowest BCUT2D eigenvalue weighted by atomic mass is 9.94. The summed E-state index contributed by atoms with van der Waals surface area (Å²) < 4.78 is 5.85. The second kappa shape index (κ2) is 10.3. The van der Waals surface area contributed by atoms with Gasteiger partial charge in [-0.2, -0.15) is 0 Å². The summed E-state index contributed by atoms with van der Waals surface area (Å²) in [4.78, 5) is 39.8. The first-order chi connectivity index (χ1) is 16.8. The number of Topliss-reactive ketones (excluding diaryl/α,β-unsaturated/α-hetero) is 1. The Bertz CT molecular complexity index is 1310. The maximum Gasteiger partial charge on any atom is 0.338 e. The number of halogens is 1. The molecule has 1 aliphatic heterocycles. The summed E-state index contributed by atoms with van der Waals surface area (Å²) in [5.74, 6) is -2.07. The van der Waals surface area contributed by atoms with Crippen LogP contribution in [0.3, 0.4) is 0 Å². The minimum Gasteiger partial charge on any atom is -0.507 e. The molecule has 1 amide bonds. The summed E-state index contributed by atoms with van der Waals surface area (Å²) in [6.07, 6.45) is 0. The van der Waals surface area contributed by atoms with E-state index in [0.29, 0.717) is 11.1 Å². The number of aliphatic hydroxyl groups is 1. The molecule has 0 spiro atoms. The fraction of sp³-hybridized carbons (Fsp3) is 0.179. The van der Waals surface area contributed by atoms with Crippen molar-refractivity contribution in [3.05, 3.63) is 111 Å². The lowest BCUT2D eigenvalue weighted by molar-refractivity contribution is -0.140. The molecule has 6 nitrogen and oxygen atoms in total. The first kappa shape index (κ1) is 24.4. The van der Waals surface area contributed by atoms with E-state index < -0.39 is 23.7 Å². The number of aryl methyl sites for hydroxylation is 1. The van der Waals surface area contributed by atoms with Gasteiger partial charge in [-0.3, -0.25) is 9.59 Å². The van der Waals surface area contributed by atoms with Crippen LogP contribution in [0.4, 0.5) is 0 Å². The van der Waals surface area contributed by atoms with Gasteiger partial charge in [0.15, 0.2) is 0 Å². The molecule has 0 bridgehead atoms. The average Bonchev–Trinajstić information content (AvgIpc) is 3.09. The lowest BCUT2D eigenvalue weighted by Gasteiger charge is -2.26. The number of ether oxygens (including phenoxy) is 1. The van der Waals surface area contributed by atoms with Crippen molar-refractivity contribution < 1.29 is 24.2 Å². The summed E-state index contributed by atoms with van der Waals surface area (Å²) in [6.45, 7) is 4.07. The Morgan fingerprint density at radius 3 is 2.29 bits per heavy atom. The normalized spacial score (nSPS) is 17.0. The lowest BCUT2D eigenvalue weighted by Crippen LogP contribution is -2.29. The van der Waals surface area contributed by atoms with Gasteiger partial charge in [-0.05, 0) is 49.2 Å². The number of amides is 1. The first-order valence-electron chi connectivity index (χ1n) is 11.2. The van der Waals surface area contributed by atoms with Crippen LogP contribution in [0.5, 0.6) is 0 Å².